The number of benzene rings is 1. The van der Waals surface area contributed by atoms with Gasteiger partial charge in [-0.05, 0) is 24.6 Å². The Balaban J connectivity index is 2.77. The van der Waals surface area contributed by atoms with E-state index in [-0.39, 0.29) is 0 Å². The molecule has 0 aliphatic heterocycles. The molecule has 2 aromatic rings. The molecule has 2 N–H and O–H groups in total. The van der Waals surface area contributed by atoms with Gasteiger partial charge in [-0.15, -0.1) is 0 Å². The van der Waals surface area contributed by atoms with Crippen molar-refractivity contribution in [3.8, 4) is 0 Å². The highest BCUT2D eigenvalue weighted by molar-refractivity contribution is 6.35. The molecule has 0 aliphatic rings. The number of hydrogen-bond acceptors (Lipinski definition) is 1. The molecule has 2 rings (SSSR count). The Morgan fingerprint density at radius 1 is 1.44 bits per heavy atom. The second-order valence-corrected chi connectivity index (χ2v) is 4.80. The summed E-state index contributed by atoms with van der Waals surface area (Å²) in [6.45, 7) is 4.90. The summed E-state index contributed by atoms with van der Waals surface area (Å²) in [7, 11) is 2.08. The Hall–Kier alpha value is -0.990. The molecule has 3 heteroatoms. The van der Waals surface area contributed by atoms with Crippen LogP contribution in [0.1, 0.15) is 24.1 Å². The third-order valence-electron chi connectivity index (χ3n) is 3.24. The van der Waals surface area contributed by atoms with Crippen LogP contribution in [0.5, 0.6) is 0 Å². The van der Waals surface area contributed by atoms with Gasteiger partial charge in [0.1, 0.15) is 0 Å². The molecule has 0 amide bonds. The first kappa shape index (κ1) is 11.5. The SMILES string of the molecule is Cc1ccc(Cl)c2cc(C(C)CN)n(C)c12. The number of fused-ring (bicyclic) bond motifs is 1. The summed E-state index contributed by atoms with van der Waals surface area (Å²) in [5, 5.41) is 1.94. The van der Waals surface area contributed by atoms with E-state index in [1.54, 1.807) is 0 Å². The Kier molecular flexibility index (Phi) is 2.96. The van der Waals surface area contributed by atoms with Gasteiger partial charge in [0.2, 0.25) is 0 Å². The standard InChI is InChI=1S/C13H17ClN2/c1-8-4-5-11(14)10-6-12(9(2)7-15)16(3)13(8)10/h4-6,9H,7,15H2,1-3H3. The summed E-state index contributed by atoms with van der Waals surface area (Å²) >= 11 is 6.22. The summed E-state index contributed by atoms with van der Waals surface area (Å²) in [5.74, 6) is 0.355. The Bertz CT molecular complexity index is 528. The summed E-state index contributed by atoms with van der Waals surface area (Å²) in [6.07, 6.45) is 0. The molecule has 16 heavy (non-hydrogen) atoms. The number of hydrogen-bond donors (Lipinski definition) is 1. The highest BCUT2D eigenvalue weighted by Gasteiger charge is 2.14. The average Bonchev–Trinajstić information content (AvgIpc) is 2.62. The molecule has 1 heterocycles. The van der Waals surface area contributed by atoms with Crippen LogP contribution < -0.4 is 5.73 Å². The first-order chi connectivity index (χ1) is 7.56. The number of aryl methyl sites for hydroxylation is 2. The van der Waals surface area contributed by atoms with Crippen LogP contribution in [-0.2, 0) is 7.05 Å². The maximum atomic E-state index is 6.22. The van der Waals surface area contributed by atoms with Crippen LogP contribution in [0.2, 0.25) is 5.02 Å². The van der Waals surface area contributed by atoms with Crippen molar-refractivity contribution in [2.45, 2.75) is 19.8 Å². The quantitative estimate of drug-likeness (QED) is 0.853. The lowest BCUT2D eigenvalue weighted by molar-refractivity contribution is 0.703. The number of aromatic nitrogens is 1. The summed E-state index contributed by atoms with van der Waals surface area (Å²) in [6, 6.07) is 6.17. The van der Waals surface area contributed by atoms with Crippen molar-refractivity contribution >= 4 is 22.5 Å². The van der Waals surface area contributed by atoms with E-state index in [1.807, 2.05) is 6.07 Å². The van der Waals surface area contributed by atoms with Crippen molar-refractivity contribution in [3.63, 3.8) is 0 Å². The van der Waals surface area contributed by atoms with E-state index < -0.39 is 0 Å². The summed E-state index contributed by atoms with van der Waals surface area (Å²) < 4.78 is 2.20. The van der Waals surface area contributed by atoms with Crippen molar-refractivity contribution in [1.29, 1.82) is 0 Å². The molecular weight excluding hydrogens is 220 g/mol. The molecule has 0 radical (unpaired) electrons. The third kappa shape index (κ3) is 1.62. The molecule has 0 bridgehead atoms. The van der Waals surface area contributed by atoms with Crippen LogP contribution in [0, 0.1) is 6.92 Å². The van der Waals surface area contributed by atoms with Crippen molar-refractivity contribution in [1.82, 2.24) is 4.57 Å². The van der Waals surface area contributed by atoms with Crippen LogP contribution in [0.15, 0.2) is 18.2 Å². The lowest BCUT2D eigenvalue weighted by atomic mass is 10.1. The predicted octanol–water partition coefficient (Wildman–Crippen LogP) is 3.20. The fraction of sp³-hybridized carbons (Fsp3) is 0.385. The van der Waals surface area contributed by atoms with E-state index >= 15 is 0 Å². The maximum absolute atomic E-state index is 6.22. The van der Waals surface area contributed by atoms with Crippen LogP contribution in [-0.4, -0.2) is 11.1 Å². The third-order valence-corrected chi connectivity index (χ3v) is 3.57. The number of halogens is 1. The Morgan fingerprint density at radius 3 is 2.69 bits per heavy atom. The second kappa shape index (κ2) is 4.11. The minimum atomic E-state index is 0.355. The summed E-state index contributed by atoms with van der Waals surface area (Å²) in [4.78, 5) is 0. The first-order valence-corrected chi connectivity index (χ1v) is 5.88. The molecular formula is C13H17ClN2. The summed E-state index contributed by atoms with van der Waals surface area (Å²) in [5.41, 5.74) is 9.43. The zero-order valence-corrected chi connectivity index (χ0v) is 10.7. The van der Waals surface area contributed by atoms with Gasteiger partial charge in [0.15, 0.2) is 0 Å². The van der Waals surface area contributed by atoms with Crippen LogP contribution in [0.3, 0.4) is 0 Å². The monoisotopic (exact) mass is 236 g/mol. The predicted molar refractivity (Wildman–Crippen MR) is 70.1 cm³/mol. The molecule has 1 atom stereocenters. The van der Waals surface area contributed by atoms with E-state index in [1.165, 1.54) is 16.8 Å². The van der Waals surface area contributed by atoms with E-state index in [2.05, 4.69) is 37.6 Å². The van der Waals surface area contributed by atoms with Gasteiger partial charge < -0.3 is 10.3 Å². The molecule has 86 valence electrons. The lowest BCUT2D eigenvalue weighted by Crippen LogP contribution is -2.12. The Labute approximate surface area is 101 Å². The maximum Gasteiger partial charge on any atom is 0.0524 e. The average molecular weight is 237 g/mol. The fourth-order valence-electron chi connectivity index (χ4n) is 2.24. The van der Waals surface area contributed by atoms with Gasteiger partial charge in [0.05, 0.1) is 5.52 Å². The number of nitrogens with zero attached hydrogens (tertiary/aromatic N) is 1. The molecule has 0 saturated heterocycles. The van der Waals surface area contributed by atoms with E-state index in [4.69, 9.17) is 17.3 Å². The normalized spacial score (nSPS) is 13.3. The van der Waals surface area contributed by atoms with Gasteiger partial charge in [0, 0.05) is 35.6 Å². The van der Waals surface area contributed by atoms with Crippen LogP contribution >= 0.6 is 11.6 Å². The molecule has 1 aromatic heterocycles. The van der Waals surface area contributed by atoms with Crippen molar-refractivity contribution < 1.29 is 0 Å². The highest BCUT2D eigenvalue weighted by Crippen LogP contribution is 2.31. The van der Waals surface area contributed by atoms with Crippen molar-refractivity contribution in [2.75, 3.05) is 6.54 Å². The van der Waals surface area contributed by atoms with Gasteiger partial charge >= 0.3 is 0 Å². The van der Waals surface area contributed by atoms with E-state index in [0.29, 0.717) is 12.5 Å². The molecule has 0 spiro atoms. The van der Waals surface area contributed by atoms with Gasteiger partial charge in [-0.1, -0.05) is 24.6 Å². The van der Waals surface area contributed by atoms with Gasteiger partial charge in [-0.3, -0.25) is 0 Å². The molecule has 0 fully saturated rings. The topological polar surface area (TPSA) is 30.9 Å². The van der Waals surface area contributed by atoms with Crippen molar-refractivity contribution in [3.05, 3.63) is 34.5 Å². The zero-order chi connectivity index (χ0) is 11.9. The van der Waals surface area contributed by atoms with E-state index in [9.17, 15) is 0 Å². The largest absolute Gasteiger partial charge is 0.347 e. The second-order valence-electron chi connectivity index (χ2n) is 4.39. The molecule has 0 aliphatic carbocycles. The van der Waals surface area contributed by atoms with Crippen LogP contribution in [0.25, 0.3) is 10.9 Å². The number of nitrogens with two attached hydrogens (primary N) is 1. The molecule has 1 aromatic carbocycles. The molecule has 2 nitrogen and oxygen atoms in total. The first-order valence-electron chi connectivity index (χ1n) is 5.50. The van der Waals surface area contributed by atoms with Gasteiger partial charge in [0.25, 0.3) is 0 Å². The Morgan fingerprint density at radius 2 is 2.12 bits per heavy atom. The number of rotatable bonds is 2. The highest BCUT2D eigenvalue weighted by atomic mass is 35.5. The van der Waals surface area contributed by atoms with Gasteiger partial charge in [-0.2, -0.15) is 0 Å². The smallest absolute Gasteiger partial charge is 0.0524 e. The van der Waals surface area contributed by atoms with Crippen LogP contribution in [0.4, 0.5) is 0 Å². The molecule has 0 saturated carbocycles. The molecule has 1 unspecified atom stereocenters. The van der Waals surface area contributed by atoms with Gasteiger partial charge in [-0.25, -0.2) is 0 Å². The van der Waals surface area contributed by atoms with E-state index in [0.717, 1.165) is 10.4 Å². The minimum Gasteiger partial charge on any atom is -0.347 e. The zero-order valence-electron chi connectivity index (χ0n) is 9.92. The van der Waals surface area contributed by atoms with Crippen molar-refractivity contribution in [2.24, 2.45) is 12.8 Å². The minimum absolute atomic E-state index is 0.355. The fourth-order valence-corrected chi connectivity index (χ4v) is 2.45. The lowest BCUT2D eigenvalue weighted by Gasteiger charge is -2.10.